The summed E-state index contributed by atoms with van der Waals surface area (Å²) < 4.78 is 1.02. The van der Waals surface area contributed by atoms with Crippen LogP contribution in [0.5, 0.6) is 0 Å². The Kier molecular flexibility index (Phi) is 3.90. The van der Waals surface area contributed by atoms with Crippen molar-refractivity contribution in [1.29, 1.82) is 0 Å². The molecular weight excluding hydrogens is 304 g/mol. The predicted octanol–water partition coefficient (Wildman–Crippen LogP) is 3.90. The van der Waals surface area contributed by atoms with Gasteiger partial charge in [-0.2, -0.15) is 0 Å². The van der Waals surface area contributed by atoms with E-state index in [4.69, 9.17) is 5.73 Å². The van der Waals surface area contributed by atoms with Crippen LogP contribution < -0.4 is 11.1 Å². The van der Waals surface area contributed by atoms with E-state index in [1.165, 1.54) is 0 Å². The zero-order chi connectivity index (χ0) is 14.0. The molecule has 3 nitrogen and oxygen atoms in total. The molecular formula is C15H15BrN2O. The highest BCUT2D eigenvalue weighted by molar-refractivity contribution is 9.10. The van der Waals surface area contributed by atoms with Gasteiger partial charge in [0.15, 0.2) is 0 Å². The summed E-state index contributed by atoms with van der Waals surface area (Å²) in [5.74, 6) is -0.155. The van der Waals surface area contributed by atoms with Gasteiger partial charge in [-0.1, -0.05) is 15.9 Å². The quantitative estimate of drug-likeness (QED) is 0.825. The zero-order valence-corrected chi connectivity index (χ0v) is 12.4. The highest BCUT2D eigenvalue weighted by atomic mass is 79.9. The molecule has 0 aliphatic carbocycles. The van der Waals surface area contributed by atoms with Gasteiger partial charge in [0.2, 0.25) is 0 Å². The van der Waals surface area contributed by atoms with Crippen molar-refractivity contribution in [3.8, 4) is 0 Å². The van der Waals surface area contributed by atoms with Crippen molar-refractivity contribution in [3.63, 3.8) is 0 Å². The molecule has 2 aromatic carbocycles. The number of aryl methyl sites for hydroxylation is 2. The molecule has 0 radical (unpaired) electrons. The van der Waals surface area contributed by atoms with Crippen molar-refractivity contribution >= 4 is 33.2 Å². The lowest BCUT2D eigenvalue weighted by Crippen LogP contribution is -2.12. The molecule has 98 valence electrons. The molecule has 0 heterocycles. The highest BCUT2D eigenvalue weighted by Crippen LogP contribution is 2.21. The highest BCUT2D eigenvalue weighted by Gasteiger charge is 2.08. The topological polar surface area (TPSA) is 55.1 Å². The number of hydrogen-bond donors (Lipinski definition) is 2. The minimum Gasteiger partial charge on any atom is -0.399 e. The van der Waals surface area contributed by atoms with Crippen LogP contribution in [0.15, 0.2) is 40.9 Å². The molecule has 2 rings (SSSR count). The molecule has 0 fully saturated rings. The largest absolute Gasteiger partial charge is 0.399 e. The Hall–Kier alpha value is -1.81. The second-order valence-corrected chi connectivity index (χ2v) is 5.40. The van der Waals surface area contributed by atoms with Crippen molar-refractivity contribution in [2.45, 2.75) is 13.8 Å². The van der Waals surface area contributed by atoms with Gasteiger partial charge < -0.3 is 11.1 Å². The third-order valence-electron chi connectivity index (χ3n) is 2.78. The zero-order valence-electron chi connectivity index (χ0n) is 10.8. The Bertz CT molecular complexity index is 618. The number of amides is 1. The van der Waals surface area contributed by atoms with E-state index in [2.05, 4.69) is 21.2 Å². The van der Waals surface area contributed by atoms with Crippen LogP contribution in [0.25, 0.3) is 0 Å². The lowest BCUT2D eigenvalue weighted by atomic mass is 10.1. The lowest BCUT2D eigenvalue weighted by Gasteiger charge is -2.08. The third kappa shape index (κ3) is 3.35. The Balaban J connectivity index is 2.22. The van der Waals surface area contributed by atoms with Crippen molar-refractivity contribution in [2.75, 3.05) is 11.1 Å². The van der Waals surface area contributed by atoms with Gasteiger partial charge in [-0.3, -0.25) is 4.79 Å². The van der Waals surface area contributed by atoms with Crippen LogP contribution in [-0.2, 0) is 0 Å². The smallest absolute Gasteiger partial charge is 0.255 e. The molecule has 4 heteroatoms. The standard InChI is InChI=1S/C15H15BrN2O/c1-9-5-11(8-12(17)6-9)15(19)18-13-3-4-14(16)10(2)7-13/h3-8H,17H2,1-2H3,(H,18,19). The van der Waals surface area contributed by atoms with Crippen LogP contribution in [0, 0.1) is 13.8 Å². The molecule has 0 aliphatic rings. The second-order valence-electron chi connectivity index (χ2n) is 4.55. The van der Waals surface area contributed by atoms with E-state index in [9.17, 15) is 4.79 Å². The first-order valence-corrected chi connectivity index (χ1v) is 6.69. The van der Waals surface area contributed by atoms with Gasteiger partial charge in [-0.05, 0) is 61.4 Å². The van der Waals surface area contributed by atoms with Gasteiger partial charge in [0, 0.05) is 21.4 Å². The summed E-state index contributed by atoms with van der Waals surface area (Å²) in [5.41, 5.74) is 9.72. The number of nitrogens with two attached hydrogens (primary N) is 1. The van der Waals surface area contributed by atoms with Gasteiger partial charge in [-0.15, -0.1) is 0 Å². The van der Waals surface area contributed by atoms with E-state index in [0.717, 1.165) is 21.3 Å². The van der Waals surface area contributed by atoms with Crippen LogP contribution in [0.4, 0.5) is 11.4 Å². The molecule has 0 saturated heterocycles. The average Bonchev–Trinajstić information content (AvgIpc) is 2.32. The molecule has 0 atom stereocenters. The molecule has 3 N–H and O–H groups in total. The molecule has 2 aromatic rings. The number of nitrogen functional groups attached to an aromatic ring is 1. The molecule has 19 heavy (non-hydrogen) atoms. The summed E-state index contributed by atoms with van der Waals surface area (Å²) in [6.45, 7) is 3.89. The molecule has 0 saturated carbocycles. The van der Waals surface area contributed by atoms with Gasteiger partial charge >= 0.3 is 0 Å². The molecule has 1 amide bonds. The number of halogens is 1. The monoisotopic (exact) mass is 318 g/mol. The fourth-order valence-electron chi connectivity index (χ4n) is 1.87. The summed E-state index contributed by atoms with van der Waals surface area (Å²) in [6.07, 6.45) is 0. The van der Waals surface area contributed by atoms with Crippen molar-refractivity contribution < 1.29 is 4.79 Å². The predicted molar refractivity (Wildman–Crippen MR) is 82.4 cm³/mol. The maximum Gasteiger partial charge on any atom is 0.255 e. The van der Waals surface area contributed by atoms with Gasteiger partial charge in [0.25, 0.3) is 5.91 Å². The fraction of sp³-hybridized carbons (Fsp3) is 0.133. The minimum atomic E-state index is -0.155. The van der Waals surface area contributed by atoms with Crippen LogP contribution >= 0.6 is 15.9 Å². The minimum absolute atomic E-state index is 0.155. The van der Waals surface area contributed by atoms with Gasteiger partial charge in [0.05, 0.1) is 0 Å². The molecule has 0 aromatic heterocycles. The summed E-state index contributed by atoms with van der Waals surface area (Å²) in [5, 5.41) is 2.87. The molecule has 0 bridgehead atoms. The van der Waals surface area contributed by atoms with E-state index < -0.39 is 0 Å². The molecule has 0 spiro atoms. The van der Waals surface area contributed by atoms with Crippen LogP contribution in [0.2, 0.25) is 0 Å². The van der Waals surface area contributed by atoms with E-state index >= 15 is 0 Å². The van der Waals surface area contributed by atoms with Crippen LogP contribution in [0.1, 0.15) is 21.5 Å². The average molecular weight is 319 g/mol. The maximum absolute atomic E-state index is 12.1. The Labute approximate surface area is 121 Å². The van der Waals surface area contributed by atoms with E-state index in [1.54, 1.807) is 6.07 Å². The van der Waals surface area contributed by atoms with Crippen LogP contribution in [-0.4, -0.2) is 5.91 Å². The van der Waals surface area contributed by atoms with Crippen molar-refractivity contribution in [1.82, 2.24) is 0 Å². The fourth-order valence-corrected chi connectivity index (χ4v) is 2.12. The number of carbonyl (C=O) groups excluding carboxylic acids is 1. The van der Waals surface area contributed by atoms with Crippen molar-refractivity contribution in [3.05, 3.63) is 57.6 Å². The Morgan fingerprint density at radius 3 is 2.53 bits per heavy atom. The van der Waals surface area contributed by atoms with E-state index in [0.29, 0.717) is 11.3 Å². The van der Waals surface area contributed by atoms with Gasteiger partial charge in [0.1, 0.15) is 0 Å². The lowest BCUT2D eigenvalue weighted by molar-refractivity contribution is 0.102. The van der Waals surface area contributed by atoms with E-state index in [-0.39, 0.29) is 5.91 Å². The second kappa shape index (κ2) is 5.45. The summed E-state index contributed by atoms with van der Waals surface area (Å²) >= 11 is 3.43. The first-order valence-electron chi connectivity index (χ1n) is 5.90. The Morgan fingerprint density at radius 2 is 1.89 bits per heavy atom. The normalized spacial score (nSPS) is 10.3. The van der Waals surface area contributed by atoms with Crippen molar-refractivity contribution in [2.24, 2.45) is 0 Å². The first-order chi connectivity index (χ1) is 8.95. The number of hydrogen-bond acceptors (Lipinski definition) is 2. The SMILES string of the molecule is Cc1cc(N)cc(C(=O)Nc2ccc(Br)c(C)c2)c1. The number of anilines is 2. The number of nitrogens with one attached hydrogen (secondary N) is 1. The van der Waals surface area contributed by atoms with Crippen LogP contribution in [0.3, 0.4) is 0 Å². The van der Waals surface area contributed by atoms with E-state index in [1.807, 2.05) is 44.2 Å². The first kappa shape index (κ1) is 13.6. The third-order valence-corrected chi connectivity index (χ3v) is 3.67. The maximum atomic E-state index is 12.1. The summed E-state index contributed by atoms with van der Waals surface area (Å²) in [6, 6.07) is 11.0. The van der Waals surface area contributed by atoms with Gasteiger partial charge in [-0.25, -0.2) is 0 Å². The summed E-state index contributed by atoms with van der Waals surface area (Å²) in [4.78, 5) is 12.1. The number of rotatable bonds is 2. The number of benzene rings is 2. The number of carbonyl (C=O) groups is 1. The molecule has 0 unspecified atom stereocenters. The summed E-state index contributed by atoms with van der Waals surface area (Å²) in [7, 11) is 0. The molecule has 0 aliphatic heterocycles. The Morgan fingerprint density at radius 1 is 1.16 bits per heavy atom.